The summed E-state index contributed by atoms with van der Waals surface area (Å²) in [5, 5.41) is 3.45. The van der Waals surface area contributed by atoms with Crippen molar-refractivity contribution in [3.63, 3.8) is 0 Å². The number of hydrogen-bond acceptors (Lipinski definition) is 3. The molecule has 0 bridgehead atoms. The molecular weight excluding hydrogens is 396 g/mol. The van der Waals surface area contributed by atoms with Gasteiger partial charge in [0.15, 0.2) is 0 Å². The zero-order valence-electron chi connectivity index (χ0n) is 16.6. The number of carbonyl (C=O) groups is 1. The molecule has 2 aromatic carbocycles. The van der Waals surface area contributed by atoms with Crippen molar-refractivity contribution in [1.82, 2.24) is 5.32 Å². The van der Waals surface area contributed by atoms with E-state index in [1.807, 2.05) is 31.2 Å². The Bertz CT molecular complexity index is 896. The molecular formula is C21H27ClN2O3S. The fourth-order valence-electron chi connectivity index (χ4n) is 3.08. The summed E-state index contributed by atoms with van der Waals surface area (Å²) in [6.07, 6.45) is 2.39. The quantitative estimate of drug-likeness (QED) is 0.688. The van der Waals surface area contributed by atoms with Crippen molar-refractivity contribution in [2.24, 2.45) is 0 Å². The molecule has 0 aliphatic rings. The molecule has 2 atom stereocenters. The zero-order valence-corrected chi connectivity index (χ0v) is 18.2. The van der Waals surface area contributed by atoms with E-state index < -0.39 is 16.1 Å². The summed E-state index contributed by atoms with van der Waals surface area (Å²) in [5.41, 5.74) is 2.60. The summed E-state index contributed by atoms with van der Waals surface area (Å²) < 4.78 is 26.1. The first kappa shape index (κ1) is 22.2. The van der Waals surface area contributed by atoms with Crippen molar-refractivity contribution in [3.05, 3.63) is 64.7 Å². The van der Waals surface area contributed by atoms with Crippen LogP contribution >= 0.6 is 11.6 Å². The SMILES string of the molecule is CCc1ccc([C@@H](C)NC(=O)[C@H](CC)N(c2ccc(Cl)cc2)S(C)(=O)=O)cc1. The van der Waals surface area contributed by atoms with E-state index >= 15 is 0 Å². The number of sulfonamides is 1. The number of rotatable bonds is 8. The molecule has 0 saturated heterocycles. The average molecular weight is 423 g/mol. The zero-order chi connectivity index (χ0) is 20.9. The second-order valence-corrected chi connectivity index (χ2v) is 9.08. The van der Waals surface area contributed by atoms with Gasteiger partial charge >= 0.3 is 0 Å². The first-order valence-corrected chi connectivity index (χ1v) is 11.5. The fourth-order valence-corrected chi connectivity index (χ4v) is 4.42. The summed E-state index contributed by atoms with van der Waals surface area (Å²) in [5.74, 6) is -0.338. The third kappa shape index (κ3) is 5.49. The number of benzene rings is 2. The first-order valence-electron chi connectivity index (χ1n) is 9.31. The van der Waals surface area contributed by atoms with Crippen LogP contribution in [-0.2, 0) is 21.2 Å². The third-order valence-corrected chi connectivity index (χ3v) is 6.09. The molecule has 152 valence electrons. The van der Waals surface area contributed by atoms with Crippen molar-refractivity contribution in [2.75, 3.05) is 10.6 Å². The largest absolute Gasteiger partial charge is 0.348 e. The number of carbonyl (C=O) groups excluding carboxylic acids is 1. The van der Waals surface area contributed by atoms with Gasteiger partial charge in [-0.2, -0.15) is 0 Å². The topological polar surface area (TPSA) is 66.5 Å². The Morgan fingerprint density at radius 3 is 2.11 bits per heavy atom. The third-order valence-electron chi connectivity index (χ3n) is 4.66. The average Bonchev–Trinajstić information content (AvgIpc) is 2.66. The molecule has 2 aromatic rings. The maximum Gasteiger partial charge on any atom is 0.244 e. The molecule has 0 saturated carbocycles. The van der Waals surface area contributed by atoms with Crippen LogP contribution in [0, 0.1) is 0 Å². The van der Waals surface area contributed by atoms with Gasteiger partial charge in [0.1, 0.15) is 6.04 Å². The predicted octanol–water partition coefficient (Wildman–Crippen LogP) is 4.32. The standard InChI is InChI=1S/C21H27ClN2O3S/c1-5-16-7-9-17(10-8-16)15(3)23-21(25)20(6-2)24(28(4,26)27)19-13-11-18(22)12-14-19/h7-15,20H,5-6H2,1-4H3,(H,23,25)/t15-,20+/m1/s1. The minimum Gasteiger partial charge on any atom is -0.348 e. The Kier molecular flexibility index (Phi) is 7.49. The summed E-state index contributed by atoms with van der Waals surface area (Å²) in [7, 11) is -3.67. The van der Waals surface area contributed by atoms with E-state index in [0.29, 0.717) is 17.1 Å². The molecule has 28 heavy (non-hydrogen) atoms. The van der Waals surface area contributed by atoms with Crippen molar-refractivity contribution >= 4 is 33.2 Å². The van der Waals surface area contributed by atoms with Gasteiger partial charge in [-0.1, -0.05) is 49.7 Å². The number of halogens is 1. The normalized spacial score (nSPS) is 13.6. The highest BCUT2D eigenvalue weighted by Gasteiger charge is 2.32. The van der Waals surface area contributed by atoms with Crippen LogP contribution in [0.15, 0.2) is 48.5 Å². The molecule has 0 unspecified atom stereocenters. The van der Waals surface area contributed by atoms with E-state index in [9.17, 15) is 13.2 Å². The van der Waals surface area contributed by atoms with Crippen molar-refractivity contribution in [3.8, 4) is 0 Å². The second kappa shape index (κ2) is 9.43. The Labute approximate surface area is 172 Å². The smallest absolute Gasteiger partial charge is 0.244 e. The number of nitrogens with zero attached hydrogens (tertiary/aromatic N) is 1. The highest BCUT2D eigenvalue weighted by atomic mass is 35.5. The van der Waals surface area contributed by atoms with Gasteiger partial charge in [0, 0.05) is 5.02 Å². The molecule has 7 heteroatoms. The molecule has 0 spiro atoms. The van der Waals surface area contributed by atoms with E-state index in [4.69, 9.17) is 11.6 Å². The lowest BCUT2D eigenvalue weighted by Gasteiger charge is -2.31. The summed E-state index contributed by atoms with van der Waals surface area (Å²) >= 11 is 5.92. The van der Waals surface area contributed by atoms with Crippen molar-refractivity contribution in [2.45, 2.75) is 45.7 Å². The molecule has 1 N–H and O–H groups in total. The lowest BCUT2D eigenvalue weighted by Crippen LogP contribution is -2.49. The van der Waals surface area contributed by atoms with Crippen LogP contribution in [0.2, 0.25) is 5.02 Å². The van der Waals surface area contributed by atoms with Crippen LogP contribution in [0.25, 0.3) is 0 Å². The maximum atomic E-state index is 13.0. The van der Waals surface area contributed by atoms with E-state index in [1.54, 1.807) is 31.2 Å². The van der Waals surface area contributed by atoms with Crippen LogP contribution in [-0.4, -0.2) is 26.6 Å². The molecule has 0 aromatic heterocycles. The van der Waals surface area contributed by atoms with Gasteiger partial charge in [-0.25, -0.2) is 8.42 Å². The van der Waals surface area contributed by atoms with Gasteiger partial charge in [0.05, 0.1) is 18.0 Å². The number of aryl methyl sites for hydroxylation is 1. The van der Waals surface area contributed by atoms with Crippen molar-refractivity contribution < 1.29 is 13.2 Å². The number of amides is 1. The number of nitrogens with one attached hydrogen (secondary N) is 1. The predicted molar refractivity (Wildman–Crippen MR) is 115 cm³/mol. The van der Waals surface area contributed by atoms with Gasteiger partial charge < -0.3 is 5.32 Å². The highest BCUT2D eigenvalue weighted by Crippen LogP contribution is 2.25. The lowest BCUT2D eigenvalue weighted by molar-refractivity contribution is -0.122. The van der Waals surface area contributed by atoms with E-state index in [-0.39, 0.29) is 11.9 Å². The Morgan fingerprint density at radius 1 is 1.07 bits per heavy atom. The lowest BCUT2D eigenvalue weighted by atomic mass is 10.0. The van der Waals surface area contributed by atoms with E-state index in [1.165, 1.54) is 5.56 Å². The Balaban J connectivity index is 2.26. The van der Waals surface area contributed by atoms with Gasteiger partial charge in [0.25, 0.3) is 0 Å². The maximum absolute atomic E-state index is 13.0. The summed E-state index contributed by atoms with van der Waals surface area (Å²) in [6.45, 7) is 5.76. The van der Waals surface area contributed by atoms with E-state index in [0.717, 1.165) is 22.5 Å². The minimum atomic E-state index is -3.67. The van der Waals surface area contributed by atoms with E-state index in [2.05, 4.69) is 12.2 Å². The Hall–Kier alpha value is -2.05. The van der Waals surface area contributed by atoms with Crippen LogP contribution in [0.3, 0.4) is 0 Å². The van der Waals surface area contributed by atoms with Crippen LogP contribution in [0.1, 0.15) is 44.4 Å². The fraction of sp³-hybridized carbons (Fsp3) is 0.381. The first-order chi connectivity index (χ1) is 13.2. The Morgan fingerprint density at radius 2 is 1.64 bits per heavy atom. The van der Waals surface area contributed by atoms with Gasteiger partial charge in [0.2, 0.25) is 15.9 Å². The summed E-state index contributed by atoms with van der Waals surface area (Å²) in [6, 6.07) is 13.4. The van der Waals surface area contributed by atoms with Gasteiger partial charge in [-0.05, 0) is 55.2 Å². The highest BCUT2D eigenvalue weighted by molar-refractivity contribution is 7.92. The molecule has 2 rings (SSSR count). The molecule has 0 heterocycles. The minimum absolute atomic E-state index is 0.237. The second-order valence-electron chi connectivity index (χ2n) is 6.78. The van der Waals surface area contributed by atoms with Gasteiger partial charge in [-0.15, -0.1) is 0 Å². The summed E-state index contributed by atoms with van der Waals surface area (Å²) in [4.78, 5) is 13.0. The molecule has 1 amide bonds. The van der Waals surface area contributed by atoms with Gasteiger partial charge in [-0.3, -0.25) is 9.10 Å². The van der Waals surface area contributed by atoms with Crippen molar-refractivity contribution in [1.29, 1.82) is 0 Å². The molecule has 5 nitrogen and oxygen atoms in total. The molecule has 0 fully saturated rings. The number of anilines is 1. The molecule has 0 aliphatic heterocycles. The van der Waals surface area contributed by atoms with Crippen LogP contribution < -0.4 is 9.62 Å². The monoisotopic (exact) mass is 422 g/mol. The van der Waals surface area contributed by atoms with Crippen LogP contribution in [0.4, 0.5) is 5.69 Å². The number of hydrogen-bond donors (Lipinski definition) is 1. The molecule has 0 radical (unpaired) electrons. The molecule has 0 aliphatic carbocycles. The van der Waals surface area contributed by atoms with Crippen LogP contribution in [0.5, 0.6) is 0 Å².